The fourth-order valence-corrected chi connectivity index (χ4v) is 2.28. The maximum Gasteiger partial charge on any atom is 0.321 e. The van der Waals surface area contributed by atoms with Crippen LogP contribution in [-0.2, 0) is 0 Å². The number of nitrogens with one attached hydrogen (secondary N) is 1. The second kappa shape index (κ2) is 6.67. The van der Waals surface area contributed by atoms with Crippen LogP contribution in [0, 0.1) is 5.82 Å². The molecule has 0 aromatic heterocycles. The fraction of sp³-hybridized carbons (Fsp3) is 0.500. The molecule has 1 aliphatic heterocycles. The van der Waals surface area contributed by atoms with E-state index in [0.29, 0.717) is 31.4 Å². The van der Waals surface area contributed by atoms with E-state index in [1.807, 2.05) is 0 Å². The molecule has 1 fully saturated rings. The molecule has 0 saturated carbocycles. The number of nitrogens with zero attached hydrogens (tertiary/aromatic N) is 2. The summed E-state index contributed by atoms with van der Waals surface area (Å²) in [5.41, 5.74) is 6.12. The first kappa shape index (κ1) is 14.7. The third kappa shape index (κ3) is 3.68. The molecule has 2 rings (SSSR count). The Bertz CT molecular complexity index is 460. The largest absolute Gasteiger partial charge is 0.329 e. The van der Waals surface area contributed by atoms with Crippen LogP contribution < -0.4 is 11.1 Å². The Kier molecular flexibility index (Phi) is 4.92. The lowest BCUT2D eigenvalue weighted by atomic mass is 10.2. The highest BCUT2D eigenvalue weighted by Crippen LogP contribution is 2.12. The van der Waals surface area contributed by atoms with E-state index in [1.54, 1.807) is 17.0 Å². The van der Waals surface area contributed by atoms with Gasteiger partial charge in [-0.25, -0.2) is 9.18 Å². The Morgan fingerprint density at radius 2 is 2.10 bits per heavy atom. The van der Waals surface area contributed by atoms with Crippen molar-refractivity contribution in [2.45, 2.75) is 13.0 Å². The summed E-state index contributed by atoms with van der Waals surface area (Å²) in [4.78, 5) is 16.1. The smallest absolute Gasteiger partial charge is 0.321 e. The van der Waals surface area contributed by atoms with E-state index in [4.69, 9.17) is 5.73 Å². The number of hydrogen-bond acceptors (Lipinski definition) is 3. The predicted molar refractivity (Wildman–Crippen MR) is 77.1 cm³/mol. The molecule has 1 aromatic carbocycles. The Morgan fingerprint density at radius 1 is 1.40 bits per heavy atom. The second-order valence-corrected chi connectivity index (χ2v) is 5.05. The third-order valence-corrected chi connectivity index (χ3v) is 3.64. The molecule has 1 heterocycles. The highest BCUT2D eigenvalue weighted by Gasteiger charge is 2.23. The van der Waals surface area contributed by atoms with Gasteiger partial charge in [0.15, 0.2) is 0 Å². The van der Waals surface area contributed by atoms with Gasteiger partial charge in [-0.05, 0) is 25.1 Å². The number of amides is 2. The molecule has 0 aliphatic carbocycles. The zero-order valence-corrected chi connectivity index (χ0v) is 11.7. The summed E-state index contributed by atoms with van der Waals surface area (Å²) in [6.45, 7) is 5.65. The van der Waals surface area contributed by atoms with E-state index in [9.17, 15) is 9.18 Å². The van der Waals surface area contributed by atoms with Gasteiger partial charge in [0, 0.05) is 44.5 Å². The molecule has 2 amide bonds. The second-order valence-electron chi connectivity index (χ2n) is 5.05. The lowest BCUT2D eigenvalue weighted by molar-refractivity contribution is 0.122. The number of benzene rings is 1. The van der Waals surface area contributed by atoms with Crippen LogP contribution in [0.5, 0.6) is 0 Å². The van der Waals surface area contributed by atoms with Crippen molar-refractivity contribution in [3.63, 3.8) is 0 Å². The first-order valence-corrected chi connectivity index (χ1v) is 6.86. The summed E-state index contributed by atoms with van der Waals surface area (Å²) in [6, 6.07) is 6.06. The summed E-state index contributed by atoms with van der Waals surface area (Å²) in [5.74, 6) is -0.357. The minimum atomic E-state index is -0.357. The maximum absolute atomic E-state index is 13.1. The van der Waals surface area contributed by atoms with Gasteiger partial charge < -0.3 is 16.0 Å². The normalized spacial score (nSPS) is 17.9. The van der Waals surface area contributed by atoms with Crippen LogP contribution in [-0.4, -0.2) is 54.6 Å². The number of hydrogen-bond donors (Lipinski definition) is 2. The van der Waals surface area contributed by atoms with Gasteiger partial charge in [0.25, 0.3) is 0 Å². The minimum Gasteiger partial charge on any atom is -0.329 e. The van der Waals surface area contributed by atoms with E-state index < -0.39 is 0 Å². The zero-order valence-electron chi connectivity index (χ0n) is 11.7. The van der Waals surface area contributed by atoms with Gasteiger partial charge in [-0.2, -0.15) is 0 Å². The molecule has 1 aromatic rings. The van der Waals surface area contributed by atoms with Crippen LogP contribution in [0.4, 0.5) is 14.9 Å². The van der Waals surface area contributed by atoms with Gasteiger partial charge in [-0.15, -0.1) is 0 Å². The number of urea groups is 1. The van der Waals surface area contributed by atoms with Crippen LogP contribution in [0.1, 0.15) is 6.92 Å². The van der Waals surface area contributed by atoms with Crippen LogP contribution >= 0.6 is 0 Å². The number of carbonyl (C=O) groups is 1. The van der Waals surface area contributed by atoms with Gasteiger partial charge in [0.1, 0.15) is 5.82 Å². The average Bonchev–Trinajstić information content (AvgIpc) is 2.46. The molecule has 0 radical (unpaired) electrons. The summed E-state index contributed by atoms with van der Waals surface area (Å²) < 4.78 is 13.1. The van der Waals surface area contributed by atoms with E-state index in [-0.39, 0.29) is 11.8 Å². The molecule has 3 N–H and O–H groups in total. The fourth-order valence-electron chi connectivity index (χ4n) is 2.28. The summed E-state index contributed by atoms with van der Waals surface area (Å²) >= 11 is 0. The Hall–Kier alpha value is -1.66. The number of piperazine rings is 1. The van der Waals surface area contributed by atoms with E-state index in [1.165, 1.54) is 12.1 Å². The molecule has 20 heavy (non-hydrogen) atoms. The lowest BCUT2D eigenvalue weighted by Gasteiger charge is -2.37. The van der Waals surface area contributed by atoms with Gasteiger partial charge in [0.2, 0.25) is 0 Å². The van der Waals surface area contributed by atoms with Gasteiger partial charge in [-0.3, -0.25) is 4.90 Å². The predicted octanol–water partition coefficient (Wildman–Crippen LogP) is 1.32. The molecular formula is C14H21FN4O. The van der Waals surface area contributed by atoms with E-state index in [0.717, 1.165) is 13.1 Å². The molecular weight excluding hydrogens is 259 g/mol. The third-order valence-electron chi connectivity index (χ3n) is 3.64. The summed E-state index contributed by atoms with van der Waals surface area (Å²) in [7, 11) is 0. The maximum atomic E-state index is 13.1. The van der Waals surface area contributed by atoms with Gasteiger partial charge >= 0.3 is 6.03 Å². The van der Waals surface area contributed by atoms with Crippen molar-refractivity contribution in [3.8, 4) is 0 Å². The molecule has 1 atom stereocenters. The van der Waals surface area contributed by atoms with Crippen molar-refractivity contribution in [3.05, 3.63) is 30.1 Å². The van der Waals surface area contributed by atoms with Crippen molar-refractivity contribution >= 4 is 11.7 Å². The number of anilines is 1. The molecule has 0 bridgehead atoms. The zero-order chi connectivity index (χ0) is 14.5. The van der Waals surface area contributed by atoms with E-state index >= 15 is 0 Å². The van der Waals surface area contributed by atoms with Crippen molar-refractivity contribution in [2.24, 2.45) is 5.73 Å². The average molecular weight is 280 g/mol. The Labute approximate surface area is 118 Å². The minimum absolute atomic E-state index is 0.185. The molecule has 1 saturated heterocycles. The van der Waals surface area contributed by atoms with Crippen LogP contribution in [0.25, 0.3) is 0 Å². The highest BCUT2D eigenvalue weighted by molar-refractivity contribution is 5.89. The highest BCUT2D eigenvalue weighted by atomic mass is 19.1. The Balaban J connectivity index is 1.86. The quantitative estimate of drug-likeness (QED) is 0.878. The van der Waals surface area contributed by atoms with Gasteiger partial charge in [0.05, 0.1) is 0 Å². The van der Waals surface area contributed by atoms with Crippen molar-refractivity contribution in [1.82, 2.24) is 9.80 Å². The van der Waals surface area contributed by atoms with Crippen LogP contribution in [0.3, 0.4) is 0 Å². The summed E-state index contributed by atoms with van der Waals surface area (Å²) in [5, 5.41) is 2.71. The number of nitrogens with two attached hydrogens (primary N) is 1. The molecule has 6 heteroatoms. The van der Waals surface area contributed by atoms with Crippen LogP contribution in [0.2, 0.25) is 0 Å². The standard InChI is InChI=1S/C14H21FN4O/c1-11(10-16)18-5-7-19(8-6-18)14(20)17-13-4-2-3-12(15)9-13/h2-4,9,11H,5-8,10,16H2,1H3,(H,17,20). The molecule has 110 valence electrons. The molecule has 1 unspecified atom stereocenters. The molecule has 0 spiro atoms. The molecule has 5 nitrogen and oxygen atoms in total. The SMILES string of the molecule is CC(CN)N1CCN(C(=O)Nc2cccc(F)c2)CC1. The topological polar surface area (TPSA) is 61.6 Å². The Morgan fingerprint density at radius 3 is 2.70 bits per heavy atom. The number of halogens is 1. The van der Waals surface area contributed by atoms with Crippen molar-refractivity contribution in [2.75, 3.05) is 38.0 Å². The summed E-state index contributed by atoms with van der Waals surface area (Å²) in [6.07, 6.45) is 0. The number of rotatable bonds is 3. The number of carbonyl (C=O) groups excluding carboxylic acids is 1. The van der Waals surface area contributed by atoms with Gasteiger partial charge in [-0.1, -0.05) is 6.07 Å². The monoisotopic (exact) mass is 280 g/mol. The van der Waals surface area contributed by atoms with E-state index in [2.05, 4.69) is 17.1 Å². The van der Waals surface area contributed by atoms with Crippen molar-refractivity contribution in [1.29, 1.82) is 0 Å². The molecule has 1 aliphatic rings. The first-order valence-electron chi connectivity index (χ1n) is 6.86. The van der Waals surface area contributed by atoms with Crippen molar-refractivity contribution < 1.29 is 9.18 Å². The first-order chi connectivity index (χ1) is 9.60. The lowest BCUT2D eigenvalue weighted by Crippen LogP contribution is -2.53. The van der Waals surface area contributed by atoms with Crippen LogP contribution in [0.15, 0.2) is 24.3 Å².